The fraction of sp³-hybridized carbons (Fsp3) is 0.583. The van der Waals surface area contributed by atoms with E-state index < -0.39 is 0 Å². The standard InChI is InChI=1S/C12H19N3/c1-9(2)8-15(10-3-4-10)11-5-6-12(13)14-7-11/h5-7,9-10H,3-4,8H2,1-2H3,(H2,13,14). The van der Waals surface area contributed by atoms with Gasteiger partial charge in [-0.25, -0.2) is 4.98 Å². The average Bonchev–Trinajstić information content (AvgIpc) is 2.99. The summed E-state index contributed by atoms with van der Waals surface area (Å²) >= 11 is 0. The number of hydrogen-bond donors (Lipinski definition) is 1. The van der Waals surface area contributed by atoms with Gasteiger partial charge in [-0.15, -0.1) is 0 Å². The Morgan fingerprint density at radius 3 is 2.67 bits per heavy atom. The van der Waals surface area contributed by atoms with E-state index in [2.05, 4.69) is 29.8 Å². The van der Waals surface area contributed by atoms with E-state index in [0.29, 0.717) is 11.7 Å². The van der Waals surface area contributed by atoms with Gasteiger partial charge in [0.1, 0.15) is 5.82 Å². The van der Waals surface area contributed by atoms with Gasteiger partial charge in [0.05, 0.1) is 11.9 Å². The highest BCUT2D eigenvalue weighted by Crippen LogP contribution is 2.32. The quantitative estimate of drug-likeness (QED) is 0.820. The maximum absolute atomic E-state index is 5.59. The van der Waals surface area contributed by atoms with Crippen LogP contribution in [0.15, 0.2) is 18.3 Å². The van der Waals surface area contributed by atoms with E-state index in [-0.39, 0.29) is 0 Å². The summed E-state index contributed by atoms with van der Waals surface area (Å²) in [6.07, 6.45) is 4.52. The van der Waals surface area contributed by atoms with Crippen molar-refractivity contribution in [3.05, 3.63) is 18.3 Å². The van der Waals surface area contributed by atoms with E-state index >= 15 is 0 Å². The summed E-state index contributed by atoms with van der Waals surface area (Å²) < 4.78 is 0. The molecule has 2 N–H and O–H groups in total. The minimum atomic E-state index is 0.596. The monoisotopic (exact) mass is 205 g/mol. The van der Waals surface area contributed by atoms with E-state index in [1.54, 1.807) is 0 Å². The Hall–Kier alpha value is -1.25. The van der Waals surface area contributed by atoms with Crippen LogP contribution in [0.2, 0.25) is 0 Å². The summed E-state index contributed by atoms with van der Waals surface area (Å²) in [7, 11) is 0. The molecule has 1 fully saturated rings. The zero-order valence-electron chi connectivity index (χ0n) is 9.48. The SMILES string of the molecule is CC(C)CN(c1ccc(N)nc1)C1CC1. The van der Waals surface area contributed by atoms with Crippen molar-refractivity contribution in [3.8, 4) is 0 Å². The van der Waals surface area contributed by atoms with Crippen molar-refractivity contribution in [2.45, 2.75) is 32.7 Å². The number of rotatable bonds is 4. The largest absolute Gasteiger partial charge is 0.384 e. The molecule has 1 heterocycles. The van der Waals surface area contributed by atoms with Crippen LogP contribution in [0, 0.1) is 5.92 Å². The van der Waals surface area contributed by atoms with Gasteiger partial charge in [0.15, 0.2) is 0 Å². The van der Waals surface area contributed by atoms with Gasteiger partial charge in [-0.3, -0.25) is 0 Å². The van der Waals surface area contributed by atoms with Gasteiger partial charge in [0.2, 0.25) is 0 Å². The minimum absolute atomic E-state index is 0.596. The molecule has 0 atom stereocenters. The molecular weight excluding hydrogens is 186 g/mol. The number of nitrogen functional groups attached to an aromatic ring is 1. The van der Waals surface area contributed by atoms with E-state index in [1.807, 2.05) is 12.3 Å². The van der Waals surface area contributed by atoms with Crippen molar-refractivity contribution in [2.75, 3.05) is 17.2 Å². The molecule has 82 valence electrons. The molecule has 1 aromatic rings. The zero-order chi connectivity index (χ0) is 10.8. The van der Waals surface area contributed by atoms with Gasteiger partial charge in [-0.2, -0.15) is 0 Å². The molecule has 0 bridgehead atoms. The summed E-state index contributed by atoms with van der Waals surface area (Å²) in [5.74, 6) is 1.28. The lowest BCUT2D eigenvalue weighted by molar-refractivity contribution is 0.607. The lowest BCUT2D eigenvalue weighted by Crippen LogP contribution is -2.29. The Labute approximate surface area is 91.3 Å². The Balaban J connectivity index is 2.13. The summed E-state index contributed by atoms with van der Waals surface area (Å²) in [4.78, 5) is 6.61. The maximum atomic E-state index is 5.59. The Morgan fingerprint density at radius 1 is 1.47 bits per heavy atom. The van der Waals surface area contributed by atoms with Gasteiger partial charge >= 0.3 is 0 Å². The molecule has 0 saturated heterocycles. The molecule has 0 aliphatic heterocycles. The number of pyridine rings is 1. The summed E-state index contributed by atoms with van der Waals surface area (Å²) in [6.45, 7) is 5.61. The van der Waals surface area contributed by atoms with Crippen LogP contribution < -0.4 is 10.6 Å². The molecule has 1 aromatic heterocycles. The van der Waals surface area contributed by atoms with Crippen molar-refractivity contribution in [2.24, 2.45) is 5.92 Å². The molecule has 3 heteroatoms. The van der Waals surface area contributed by atoms with Gasteiger partial charge in [-0.05, 0) is 30.9 Å². The molecule has 15 heavy (non-hydrogen) atoms. The van der Waals surface area contributed by atoms with Gasteiger partial charge < -0.3 is 10.6 Å². The van der Waals surface area contributed by atoms with E-state index in [9.17, 15) is 0 Å². The predicted molar refractivity (Wildman–Crippen MR) is 63.9 cm³/mol. The van der Waals surface area contributed by atoms with Crippen LogP contribution >= 0.6 is 0 Å². The molecule has 0 spiro atoms. The van der Waals surface area contributed by atoms with Crippen molar-refractivity contribution >= 4 is 11.5 Å². The highest BCUT2D eigenvalue weighted by atomic mass is 15.2. The average molecular weight is 205 g/mol. The number of nitrogens with zero attached hydrogens (tertiary/aromatic N) is 2. The maximum Gasteiger partial charge on any atom is 0.123 e. The topological polar surface area (TPSA) is 42.1 Å². The van der Waals surface area contributed by atoms with E-state index in [1.165, 1.54) is 18.5 Å². The smallest absolute Gasteiger partial charge is 0.123 e. The highest BCUT2D eigenvalue weighted by Gasteiger charge is 2.29. The first-order valence-electron chi connectivity index (χ1n) is 5.65. The van der Waals surface area contributed by atoms with Crippen molar-refractivity contribution in [1.29, 1.82) is 0 Å². The molecule has 1 aliphatic carbocycles. The van der Waals surface area contributed by atoms with E-state index in [0.717, 1.165) is 12.6 Å². The van der Waals surface area contributed by atoms with Crippen LogP contribution in [0.3, 0.4) is 0 Å². The Morgan fingerprint density at radius 2 is 2.20 bits per heavy atom. The van der Waals surface area contributed by atoms with Crippen LogP contribution in [-0.2, 0) is 0 Å². The number of anilines is 2. The third kappa shape index (κ3) is 2.61. The molecule has 0 amide bonds. The first kappa shape index (κ1) is 10.3. The van der Waals surface area contributed by atoms with Crippen LogP contribution in [0.1, 0.15) is 26.7 Å². The molecule has 2 rings (SSSR count). The van der Waals surface area contributed by atoms with Crippen LogP contribution in [-0.4, -0.2) is 17.6 Å². The van der Waals surface area contributed by atoms with Gasteiger partial charge in [0, 0.05) is 12.6 Å². The zero-order valence-corrected chi connectivity index (χ0v) is 9.48. The molecular formula is C12H19N3. The molecule has 1 saturated carbocycles. The molecule has 0 unspecified atom stereocenters. The second-order valence-corrected chi connectivity index (χ2v) is 4.72. The second-order valence-electron chi connectivity index (χ2n) is 4.72. The number of hydrogen-bond acceptors (Lipinski definition) is 3. The fourth-order valence-electron chi connectivity index (χ4n) is 1.81. The fourth-order valence-corrected chi connectivity index (χ4v) is 1.81. The lowest BCUT2D eigenvalue weighted by atomic mass is 10.2. The van der Waals surface area contributed by atoms with Crippen molar-refractivity contribution < 1.29 is 0 Å². The van der Waals surface area contributed by atoms with Crippen LogP contribution in [0.5, 0.6) is 0 Å². The van der Waals surface area contributed by atoms with Crippen LogP contribution in [0.25, 0.3) is 0 Å². The predicted octanol–water partition coefficient (Wildman–Crippen LogP) is 2.29. The molecule has 0 radical (unpaired) electrons. The highest BCUT2D eigenvalue weighted by molar-refractivity contribution is 5.49. The molecule has 0 aromatic carbocycles. The summed E-state index contributed by atoms with van der Waals surface area (Å²) in [5, 5.41) is 0. The second kappa shape index (κ2) is 4.09. The number of nitrogens with two attached hydrogens (primary N) is 1. The first-order chi connectivity index (χ1) is 7.16. The van der Waals surface area contributed by atoms with Crippen LogP contribution in [0.4, 0.5) is 11.5 Å². The molecule has 1 aliphatic rings. The Bertz CT molecular complexity index is 314. The number of aromatic nitrogens is 1. The van der Waals surface area contributed by atoms with Gasteiger partial charge in [-0.1, -0.05) is 13.8 Å². The first-order valence-corrected chi connectivity index (χ1v) is 5.65. The molecule has 3 nitrogen and oxygen atoms in total. The van der Waals surface area contributed by atoms with E-state index in [4.69, 9.17) is 5.73 Å². The third-order valence-corrected chi connectivity index (χ3v) is 2.65. The summed E-state index contributed by atoms with van der Waals surface area (Å²) in [6, 6.07) is 4.69. The summed E-state index contributed by atoms with van der Waals surface area (Å²) in [5.41, 5.74) is 6.80. The Kier molecular flexibility index (Phi) is 2.80. The van der Waals surface area contributed by atoms with Crippen molar-refractivity contribution in [1.82, 2.24) is 4.98 Å². The van der Waals surface area contributed by atoms with Crippen molar-refractivity contribution in [3.63, 3.8) is 0 Å². The third-order valence-electron chi connectivity index (χ3n) is 2.65. The normalized spacial score (nSPS) is 15.7. The lowest BCUT2D eigenvalue weighted by Gasteiger charge is -2.26. The van der Waals surface area contributed by atoms with Gasteiger partial charge in [0.25, 0.3) is 0 Å². The minimum Gasteiger partial charge on any atom is -0.384 e.